The lowest BCUT2D eigenvalue weighted by Gasteiger charge is -2.23. The van der Waals surface area contributed by atoms with E-state index in [4.69, 9.17) is 4.74 Å². The summed E-state index contributed by atoms with van der Waals surface area (Å²) in [5.74, 6) is -2.03. The molecule has 7 nitrogen and oxygen atoms in total. The molecule has 3 aromatic carbocycles. The third-order valence-corrected chi connectivity index (χ3v) is 8.05. The maximum Gasteiger partial charge on any atom is 0.301 e. The third-order valence-electron chi connectivity index (χ3n) is 5.92. The van der Waals surface area contributed by atoms with Gasteiger partial charge < -0.3 is 9.84 Å². The lowest BCUT2D eigenvalue weighted by molar-refractivity contribution is -0.132. The van der Waals surface area contributed by atoms with E-state index in [9.17, 15) is 23.5 Å². The van der Waals surface area contributed by atoms with Gasteiger partial charge in [0.1, 0.15) is 23.1 Å². The maximum atomic E-state index is 13.5. The Bertz CT molecular complexity index is 1560. The van der Waals surface area contributed by atoms with E-state index in [1.165, 1.54) is 40.9 Å². The van der Waals surface area contributed by atoms with Crippen LogP contribution in [-0.2, 0) is 15.3 Å². The SMILES string of the molecule is CCOc1cccc(C2/C(=C(\O)c3ccc(F)cc3)C(=O)C(=O)N2c2nnc(SCc3ccc(F)cc3)s2)c1. The predicted molar refractivity (Wildman–Crippen MR) is 145 cm³/mol. The molecular weight excluding hydrogens is 544 g/mol. The number of ketones is 1. The van der Waals surface area contributed by atoms with Crippen LogP contribution in [-0.4, -0.2) is 33.6 Å². The number of ether oxygens (including phenoxy) is 1. The maximum absolute atomic E-state index is 13.5. The van der Waals surface area contributed by atoms with Crippen LogP contribution in [0.4, 0.5) is 13.9 Å². The number of anilines is 1. The first kappa shape index (κ1) is 26.5. The van der Waals surface area contributed by atoms with Gasteiger partial charge >= 0.3 is 5.91 Å². The van der Waals surface area contributed by atoms with Crippen LogP contribution >= 0.6 is 23.1 Å². The van der Waals surface area contributed by atoms with Crippen LogP contribution in [0, 0.1) is 11.6 Å². The first-order valence-electron chi connectivity index (χ1n) is 11.9. The van der Waals surface area contributed by atoms with Crippen molar-refractivity contribution in [3.63, 3.8) is 0 Å². The predicted octanol–water partition coefficient (Wildman–Crippen LogP) is 6.13. The fourth-order valence-electron chi connectivity index (χ4n) is 4.13. The van der Waals surface area contributed by atoms with E-state index < -0.39 is 29.3 Å². The van der Waals surface area contributed by atoms with E-state index in [1.54, 1.807) is 36.4 Å². The summed E-state index contributed by atoms with van der Waals surface area (Å²) in [6.07, 6.45) is 0. The van der Waals surface area contributed by atoms with Crippen molar-refractivity contribution in [3.8, 4) is 5.75 Å². The monoisotopic (exact) mass is 565 g/mol. The second-order valence-corrected chi connectivity index (χ2v) is 10.6. The van der Waals surface area contributed by atoms with Crippen molar-refractivity contribution in [2.24, 2.45) is 0 Å². The molecule has 1 aliphatic rings. The fourth-order valence-corrected chi connectivity index (χ4v) is 5.96. The number of nitrogens with zero attached hydrogens (tertiary/aromatic N) is 3. The van der Waals surface area contributed by atoms with Gasteiger partial charge in [-0.15, -0.1) is 10.2 Å². The molecule has 1 unspecified atom stereocenters. The first-order chi connectivity index (χ1) is 18.9. The number of benzene rings is 3. The van der Waals surface area contributed by atoms with E-state index in [0.29, 0.717) is 28.0 Å². The van der Waals surface area contributed by atoms with Crippen LogP contribution in [0.2, 0.25) is 0 Å². The van der Waals surface area contributed by atoms with E-state index in [1.807, 2.05) is 6.92 Å². The minimum absolute atomic E-state index is 0.157. The molecule has 0 bridgehead atoms. The Morgan fingerprint density at radius 1 is 1.03 bits per heavy atom. The van der Waals surface area contributed by atoms with Gasteiger partial charge in [-0.3, -0.25) is 14.5 Å². The Morgan fingerprint density at radius 3 is 2.41 bits per heavy atom. The number of aliphatic hydroxyl groups is 1. The number of hydrogen-bond acceptors (Lipinski definition) is 8. The number of amides is 1. The van der Waals surface area contributed by atoms with Crippen molar-refractivity contribution in [2.75, 3.05) is 11.5 Å². The van der Waals surface area contributed by atoms with Crippen molar-refractivity contribution in [1.29, 1.82) is 0 Å². The summed E-state index contributed by atoms with van der Waals surface area (Å²) in [5.41, 5.74) is 1.43. The molecule has 1 aromatic heterocycles. The molecule has 0 spiro atoms. The van der Waals surface area contributed by atoms with Gasteiger partial charge in [-0.1, -0.05) is 47.4 Å². The normalized spacial score (nSPS) is 16.6. The summed E-state index contributed by atoms with van der Waals surface area (Å²) in [6.45, 7) is 2.24. The zero-order valence-electron chi connectivity index (χ0n) is 20.5. The summed E-state index contributed by atoms with van der Waals surface area (Å²) in [7, 11) is 0. The highest BCUT2D eigenvalue weighted by Crippen LogP contribution is 2.44. The smallest absolute Gasteiger partial charge is 0.301 e. The number of carbonyl (C=O) groups is 2. The standard InChI is InChI=1S/C28H21F2N3O4S2/c1-2-37-21-5-3-4-18(14-21)23-22(24(34)17-8-12-20(30)13-9-17)25(35)26(36)33(23)27-31-32-28(39-27)38-15-16-6-10-19(29)11-7-16/h3-14,23,34H,2,15H2,1H3/b24-22+. The lowest BCUT2D eigenvalue weighted by Crippen LogP contribution is -2.29. The third kappa shape index (κ3) is 5.55. The minimum Gasteiger partial charge on any atom is -0.507 e. The van der Waals surface area contributed by atoms with Crippen LogP contribution < -0.4 is 9.64 Å². The fraction of sp³-hybridized carbons (Fsp3) is 0.143. The molecule has 2 heterocycles. The summed E-state index contributed by atoms with van der Waals surface area (Å²) < 4.78 is 32.9. The van der Waals surface area contributed by atoms with E-state index in [-0.39, 0.29) is 22.1 Å². The molecule has 0 aliphatic carbocycles. The van der Waals surface area contributed by atoms with E-state index >= 15 is 0 Å². The highest BCUT2D eigenvalue weighted by molar-refractivity contribution is 8.00. The second kappa shape index (κ2) is 11.3. The van der Waals surface area contributed by atoms with Gasteiger partial charge in [0.15, 0.2) is 4.34 Å². The van der Waals surface area contributed by atoms with Gasteiger partial charge in [0.2, 0.25) is 5.13 Å². The molecule has 0 saturated carbocycles. The molecule has 1 aliphatic heterocycles. The molecule has 1 N–H and O–H groups in total. The summed E-state index contributed by atoms with van der Waals surface area (Å²) >= 11 is 2.47. The van der Waals surface area contributed by atoms with Crippen molar-refractivity contribution < 1.29 is 28.2 Å². The first-order valence-corrected chi connectivity index (χ1v) is 13.7. The highest BCUT2D eigenvalue weighted by Gasteiger charge is 2.48. The topological polar surface area (TPSA) is 92.6 Å². The summed E-state index contributed by atoms with van der Waals surface area (Å²) in [6, 6.07) is 16.9. The average molecular weight is 566 g/mol. The second-order valence-electron chi connectivity index (χ2n) is 8.45. The molecule has 39 heavy (non-hydrogen) atoms. The highest BCUT2D eigenvalue weighted by atomic mass is 32.2. The van der Waals surface area contributed by atoms with Gasteiger partial charge in [-0.2, -0.15) is 0 Å². The summed E-state index contributed by atoms with van der Waals surface area (Å²) in [4.78, 5) is 27.9. The molecule has 1 atom stereocenters. The van der Waals surface area contributed by atoms with Crippen molar-refractivity contribution in [3.05, 3.63) is 107 Å². The molecule has 0 radical (unpaired) electrons. The average Bonchev–Trinajstić information content (AvgIpc) is 3.51. The van der Waals surface area contributed by atoms with Crippen LogP contribution in [0.3, 0.4) is 0 Å². The Morgan fingerprint density at radius 2 is 1.72 bits per heavy atom. The number of carbonyl (C=O) groups excluding carboxylic acids is 2. The quantitative estimate of drug-likeness (QED) is 0.0903. The van der Waals surface area contributed by atoms with Crippen molar-refractivity contribution >= 4 is 45.7 Å². The Hall–Kier alpha value is -4.09. The number of Topliss-reactive ketones (excluding diaryl/α,β-unsaturated/α-hetero) is 1. The number of aromatic nitrogens is 2. The number of halogens is 2. The Kier molecular flexibility index (Phi) is 7.71. The van der Waals surface area contributed by atoms with Gasteiger partial charge in [0.05, 0.1) is 18.2 Å². The number of rotatable bonds is 8. The zero-order chi connectivity index (χ0) is 27.5. The molecule has 1 saturated heterocycles. The zero-order valence-corrected chi connectivity index (χ0v) is 22.1. The van der Waals surface area contributed by atoms with E-state index in [2.05, 4.69) is 10.2 Å². The number of aliphatic hydroxyl groups excluding tert-OH is 1. The van der Waals surface area contributed by atoms with Crippen molar-refractivity contribution in [2.45, 2.75) is 23.1 Å². The van der Waals surface area contributed by atoms with Gasteiger partial charge in [-0.25, -0.2) is 8.78 Å². The minimum atomic E-state index is -1.03. The van der Waals surface area contributed by atoms with Crippen molar-refractivity contribution in [1.82, 2.24) is 10.2 Å². The van der Waals surface area contributed by atoms with Crippen LogP contribution in [0.5, 0.6) is 5.75 Å². The molecule has 5 rings (SSSR count). The molecule has 11 heteroatoms. The van der Waals surface area contributed by atoms with E-state index in [0.717, 1.165) is 29.0 Å². The number of hydrogen-bond donors (Lipinski definition) is 1. The van der Waals surface area contributed by atoms with Crippen LogP contribution in [0.25, 0.3) is 5.76 Å². The molecule has 1 amide bonds. The van der Waals surface area contributed by atoms with Crippen LogP contribution in [0.15, 0.2) is 82.7 Å². The van der Waals surface area contributed by atoms with Crippen LogP contribution in [0.1, 0.15) is 29.7 Å². The van der Waals surface area contributed by atoms with Gasteiger partial charge in [0, 0.05) is 11.3 Å². The molecule has 198 valence electrons. The number of thioether (sulfide) groups is 1. The Labute approximate surface area is 230 Å². The molecule has 4 aromatic rings. The van der Waals surface area contributed by atoms with Gasteiger partial charge in [0.25, 0.3) is 5.78 Å². The Balaban J connectivity index is 1.54. The lowest BCUT2D eigenvalue weighted by atomic mass is 9.95. The molecule has 1 fully saturated rings. The van der Waals surface area contributed by atoms with Gasteiger partial charge in [-0.05, 0) is 66.6 Å². The molecular formula is C28H21F2N3O4S2. The summed E-state index contributed by atoms with van der Waals surface area (Å²) in [5, 5.41) is 19.7. The largest absolute Gasteiger partial charge is 0.507 e.